The van der Waals surface area contributed by atoms with Crippen LogP contribution in [0.3, 0.4) is 0 Å². The average molecular weight is 252 g/mol. The molecular weight excluding hydrogens is 232 g/mol. The Morgan fingerprint density at radius 1 is 0.526 bits per heavy atom. The lowest BCUT2D eigenvalue weighted by Crippen LogP contribution is -2.42. The number of hydrazine groups is 1. The predicted octanol–water partition coefficient (Wildman–Crippen LogP) is 4.10. The molecule has 0 saturated carbocycles. The van der Waals surface area contributed by atoms with Crippen molar-refractivity contribution in [2.45, 2.75) is 19.3 Å². The Balaban J connectivity index is 1.94. The molecule has 19 heavy (non-hydrogen) atoms. The summed E-state index contributed by atoms with van der Waals surface area (Å²) >= 11 is 0. The minimum atomic E-state index is 1.10. The van der Waals surface area contributed by atoms with E-state index in [4.69, 9.17) is 0 Å². The third-order valence-corrected chi connectivity index (χ3v) is 3.64. The number of para-hydroxylation sites is 2. The molecule has 2 aromatic rings. The number of hydrogen-bond donors (Lipinski definition) is 0. The molecule has 0 aromatic heterocycles. The average Bonchev–Trinajstić information content (AvgIpc) is 2.75. The molecule has 0 unspecified atom stereocenters. The van der Waals surface area contributed by atoms with Crippen molar-refractivity contribution >= 4 is 11.4 Å². The largest absolute Gasteiger partial charge is 0.285 e. The Morgan fingerprint density at radius 2 is 0.947 bits per heavy atom. The summed E-state index contributed by atoms with van der Waals surface area (Å²) < 4.78 is 0. The van der Waals surface area contributed by atoms with Gasteiger partial charge in [-0.2, -0.15) is 0 Å². The third kappa shape index (κ3) is 2.73. The minimum Gasteiger partial charge on any atom is -0.285 e. The van der Waals surface area contributed by atoms with Gasteiger partial charge < -0.3 is 0 Å². The van der Waals surface area contributed by atoms with Crippen LogP contribution in [0.2, 0.25) is 0 Å². The van der Waals surface area contributed by atoms with Crippen LogP contribution in [0.5, 0.6) is 0 Å². The van der Waals surface area contributed by atoms with Gasteiger partial charge in [-0.3, -0.25) is 10.0 Å². The Bertz CT molecular complexity index is 448. The van der Waals surface area contributed by atoms with Crippen molar-refractivity contribution in [3.8, 4) is 0 Å². The molecule has 0 amide bonds. The second kappa shape index (κ2) is 5.79. The molecule has 2 nitrogen and oxygen atoms in total. The van der Waals surface area contributed by atoms with Crippen LogP contribution in [0, 0.1) is 0 Å². The normalized spacial score (nSPS) is 16.2. The first kappa shape index (κ1) is 12.1. The van der Waals surface area contributed by atoms with E-state index in [0.29, 0.717) is 0 Å². The van der Waals surface area contributed by atoms with Crippen molar-refractivity contribution in [1.82, 2.24) is 0 Å². The monoisotopic (exact) mass is 252 g/mol. The van der Waals surface area contributed by atoms with Crippen LogP contribution < -0.4 is 10.0 Å². The lowest BCUT2D eigenvalue weighted by molar-refractivity contribution is 0.751. The molecule has 98 valence electrons. The molecule has 1 heterocycles. The van der Waals surface area contributed by atoms with E-state index in [0.717, 1.165) is 13.1 Å². The summed E-state index contributed by atoms with van der Waals surface area (Å²) in [7, 11) is 0. The van der Waals surface area contributed by atoms with Gasteiger partial charge in [0.25, 0.3) is 0 Å². The van der Waals surface area contributed by atoms with Crippen LogP contribution in [0.25, 0.3) is 0 Å². The third-order valence-electron chi connectivity index (χ3n) is 3.64. The van der Waals surface area contributed by atoms with Crippen molar-refractivity contribution < 1.29 is 0 Å². The molecule has 1 aliphatic rings. The van der Waals surface area contributed by atoms with E-state index in [-0.39, 0.29) is 0 Å². The molecule has 0 aliphatic carbocycles. The lowest BCUT2D eigenvalue weighted by atomic mass is 10.2. The summed E-state index contributed by atoms with van der Waals surface area (Å²) in [6.45, 7) is 2.19. The van der Waals surface area contributed by atoms with Crippen LogP contribution in [-0.4, -0.2) is 13.1 Å². The maximum Gasteiger partial charge on any atom is 0.0574 e. The van der Waals surface area contributed by atoms with Gasteiger partial charge in [0.2, 0.25) is 0 Å². The fraction of sp³-hybridized carbons (Fsp3) is 0.294. The van der Waals surface area contributed by atoms with Crippen molar-refractivity contribution in [3.63, 3.8) is 0 Å². The van der Waals surface area contributed by atoms with Gasteiger partial charge in [0.15, 0.2) is 0 Å². The van der Waals surface area contributed by atoms with Crippen molar-refractivity contribution in [3.05, 3.63) is 60.7 Å². The van der Waals surface area contributed by atoms with E-state index >= 15 is 0 Å². The Morgan fingerprint density at radius 3 is 1.37 bits per heavy atom. The van der Waals surface area contributed by atoms with Crippen LogP contribution in [0.1, 0.15) is 19.3 Å². The zero-order chi connectivity index (χ0) is 12.9. The molecule has 0 bridgehead atoms. The molecule has 1 aliphatic heterocycles. The highest BCUT2D eigenvalue weighted by molar-refractivity contribution is 5.57. The molecular formula is C17H20N2. The van der Waals surface area contributed by atoms with E-state index in [1.165, 1.54) is 30.6 Å². The fourth-order valence-corrected chi connectivity index (χ4v) is 2.68. The number of rotatable bonds is 2. The number of nitrogens with zero attached hydrogens (tertiary/aromatic N) is 2. The predicted molar refractivity (Wildman–Crippen MR) is 81.4 cm³/mol. The van der Waals surface area contributed by atoms with Gasteiger partial charge in [0.1, 0.15) is 0 Å². The molecule has 0 atom stereocenters. The molecule has 2 aromatic carbocycles. The van der Waals surface area contributed by atoms with Gasteiger partial charge in [-0.15, -0.1) is 0 Å². The first-order valence-electron chi connectivity index (χ1n) is 7.10. The van der Waals surface area contributed by atoms with E-state index < -0.39 is 0 Å². The number of benzene rings is 2. The highest BCUT2D eigenvalue weighted by atomic mass is 15.6. The Labute approximate surface area is 115 Å². The van der Waals surface area contributed by atoms with E-state index in [9.17, 15) is 0 Å². The fourth-order valence-electron chi connectivity index (χ4n) is 2.68. The Hall–Kier alpha value is -1.96. The highest BCUT2D eigenvalue weighted by Crippen LogP contribution is 2.25. The topological polar surface area (TPSA) is 6.48 Å². The molecule has 1 fully saturated rings. The smallest absolute Gasteiger partial charge is 0.0574 e. The van der Waals surface area contributed by atoms with E-state index in [2.05, 4.69) is 70.7 Å². The zero-order valence-electron chi connectivity index (χ0n) is 11.2. The second-order valence-corrected chi connectivity index (χ2v) is 4.98. The van der Waals surface area contributed by atoms with Crippen molar-refractivity contribution in [1.29, 1.82) is 0 Å². The zero-order valence-corrected chi connectivity index (χ0v) is 11.2. The number of anilines is 2. The van der Waals surface area contributed by atoms with Gasteiger partial charge in [-0.05, 0) is 43.5 Å². The van der Waals surface area contributed by atoms with Crippen LogP contribution in [0.4, 0.5) is 11.4 Å². The van der Waals surface area contributed by atoms with E-state index in [1.807, 2.05) is 0 Å². The summed E-state index contributed by atoms with van der Waals surface area (Å²) in [5.74, 6) is 0. The number of hydrogen-bond acceptors (Lipinski definition) is 2. The summed E-state index contributed by atoms with van der Waals surface area (Å²) in [4.78, 5) is 0. The first-order valence-corrected chi connectivity index (χ1v) is 7.10. The van der Waals surface area contributed by atoms with Crippen LogP contribution in [0.15, 0.2) is 60.7 Å². The van der Waals surface area contributed by atoms with Crippen molar-refractivity contribution in [2.75, 3.05) is 23.1 Å². The van der Waals surface area contributed by atoms with Gasteiger partial charge in [-0.25, -0.2) is 0 Å². The quantitative estimate of drug-likeness (QED) is 0.794. The molecule has 3 rings (SSSR count). The minimum absolute atomic E-state index is 1.10. The van der Waals surface area contributed by atoms with Crippen molar-refractivity contribution in [2.24, 2.45) is 0 Å². The van der Waals surface area contributed by atoms with Gasteiger partial charge in [-0.1, -0.05) is 36.4 Å². The molecule has 1 saturated heterocycles. The second-order valence-electron chi connectivity index (χ2n) is 4.98. The SMILES string of the molecule is c1ccc(N2CCCCCN2c2ccccc2)cc1. The molecule has 0 radical (unpaired) electrons. The van der Waals surface area contributed by atoms with Gasteiger partial charge in [0, 0.05) is 13.1 Å². The maximum absolute atomic E-state index is 2.42. The summed E-state index contributed by atoms with van der Waals surface area (Å²) in [6, 6.07) is 21.4. The van der Waals surface area contributed by atoms with Gasteiger partial charge in [0.05, 0.1) is 11.4 Å². The van der Waals surface area contributed by atoms with Crippen LogP contribution >= 0.6 is 0 Å². The van der Waals surface area contributed by atoms with Crippen LogP contribution in [-0.2, 0) is 0 Å². The summed E-state index contributed by atoms with van der Waals surface area (Å²) in [5.41, 5.74) is 2.57. The summed E-state index contributed by atoms with van der Waals surface area (Å²) in [6.07, 6.45) is 3.84. The molecule has 0 N–H and O–H groups in total. The summed E-state index contributed by atoms with van der Waals surface area (Å²) in [5, 5.41) is 4.84. The first-order chi connectivity index (χ1) is 9.45. The lowest BCUT2D eigenvalue weighted by Gasteiger charge is -2.37. The molecule has 2 heteroatoms. The standard InChI is InChI=1S/C17H20N2/c1-4-10-16(11-5-1)18-14-8-3-9-15-19(18)17-12-6-2-7-13-17/h1-2,4-7,10-13H,3,8-9,14-15H2. The highest BCUT2D eigenvalue weighted by Gasteiger charge is 2.18. The maximum atomic E-state index is 2.42. The Kier molecular flexibility index (Phi) is 3.68. The van der Waals surface area contributed by atoms with Gasteiger partial charge >= 0.3 is 0 Å². The van der Waals surface area contributed by atoms with E-state index in [1.54, 1.807) is 0 Å². The molecule has 0 spiro atoms.